The SMILES string of the molecule is CCc1nc2c(C)cc(C)nc2n1Cc1ccc(-c2cc(CN3CCOCC3)ccc2S(=O)(=O)NC(=O)c2ccccc2)cc1. The van der Waals surface area contributed by atoms with E-state index in [4.69, 9.17) is 14.7 Å². The molecule has 1 aliphatic heterocycles. The number of aromatic nitrogens is 3. The van der Waals surface area contributed by atoms with Crippen LogP contribution in [0, 0.1) is 13.8 Å². The first-order valence-corrected chi connectivity index (χ1v) is 16.7. The van der Waals surface area contributed by atoms with Gasteiger partial charge in [-0.2, -0.15) is 0 Å². The molecule has 5 aromatic rings. The number of rotatable bonds is 9. The molecule has 0 radical (unpaired) electrons. The quantitative estimate of drug-likeness (QED) is 0.238. The van der Waals surface area contributed by atoms with Gasteiger partial charge in [-0.05, 0) is 66.4 Å². The number of nitrogens with zero attached hydrogens (tertiary/aromatic N) is 4. The molecule has 0 unspecified atom stereocenters. The molecule has 0 saturated carbocycles. The molecule has 1 aliphatic rings. The van der Waals surface area contributed by atoms with Gasteiger partial charge in [-0.3, -0.25) is 9.69 Å². The highest BCUT2D eigenvalue weighted by Gasteiger charge is 2.24. The fourth-order valence-corrected chi connectivity index (χ4v) is 7.02. The van der Waals surface area contributed by atoms with E-state index < -0.39 is 15.9 Å². The van der Waals surface area contributed by atoms with Crippen LogP contribution < -0.4 is 4.72 Å². The van der Waals surface area contributed by atoms with Crippen LogP contribution in [0.15, 0.2) is 83.8 Å². The summed E-state index contributed by atoms with van der Waals surface area (Å²) in [6, 6.07) is 23.6. The van der Waals surface area contributed by atoms with E-state index in [1.54, 1.807) is 36.4 Å². The number of nitrogens with one attached hydrogen (secondary N) is 1. The number of aryl methyl sites for hydroxylation is 3. The molecule has 1 N–H and O–H groups in total. The minimum atomic E-state index is -4.18. The van der Waals surface area contributed by atoms with Crippen molar-refractivity contribution >= 4 is 27.1 Å². The maximum atomic E-state index is 13.7. The lowest BCUT2D eigenvalue weighted by atomic mass is 10.0. The summed E-state index contributed by atoms with van der Waals surface area (Å²) in [5.41, 5.74) is 7.41. The van der Waals surface area contributed by atoms with Crippen LogP contribution >= 0.6 is 0 Å². The van der Waals surface area contributed by atoms with Crippen LogP contribution in [-0.4, -0.2) is 60.1 Å². The predicted octanol–water partition coefficient (Wildman–Crippen LogP) is 5.28. The number of pyridine rings is 1. The van der Waals surface area contributed by atoms with Crippen LogP contribution in [0.25, 0.3) is 22.3 Å². The van der Waals surface area contributed by atoms with Crippen molar-refractivity contribution < 1.29 is 17.9 Å². The lowest BCUT2D eigenvalue weighted by Gasteiger charge is -2.27. The third-order valence-corrected chi connectivity index (χ3v) is 9.52. The lowest BCUT2D eigenvalue weighted by Crippen LogP contribution is -2.35. The molecule has 6 rings (SSSR count). The second kappa shape index (κ2) is 12.9. The van der Waals surface area contributed by atoms with E-state index in [1.807, 2.05) is 43.3 Å². The number of fused-ring (bicyclic) bond motifs is 1. The van der Waals surface area contributed by atoms with Gasteiger partial charge in [-0.15, -0.1) is 0 Å². The number of carbonyl (C=O) groups is 1. The summed E-state index contributed by atoms with van der Waals surface area (Å²) in [6.07, 6.45) is 0.777. The van der Waals surface area contributed by atoms with Gasteiger partial charge in [-0.1, -0.05) is 55.5 Å². The molecule has 45 heavy (non-hydrogen) atoms. The predicted molar refractivity (Wildman–Crippen MR) is 175 cm³/mol. The molecule has 9 nitrogen and oxygen atoms in total. The van der Waals surface area contributed by atoms with Gasteiger partial charge in [-0.25, -0.2) is 23.1 Å². The zero-order valence-corrected chi connectivity index (χ0v) is 26.6. The number of ether oxygens (including phenoxy) is 1. The zero-order valence-electron chi connectivity index (χ0n) is 25.8. The molecular weight excluding hydrogens is 586 g/mol. The van der Waals surface area contributed by atoms with Crippen molar-refractivity contribution in [2.24, 2.45) is 0 Å². The Morgan fingerprint density at radius 3 is 2.31 bits per heavy atom. The summed E-state index contributed by atoms with van der Waals surface area (Å²) in [7, 11) is -4.18. The number of carbonyl (C=O) groups excluding carboxylic acids is 1. The van der Waals surface area contributed by atoms with Crippen molar-refractivity contribution in [3.05, 3.63) is 113 Å². The summed E-state index contributed by atoms with van der Waals surface area (Å²) in [4.78, 5) is 24.9. The fourth-order valence-electron chi connectivity index (χ4n) is 5.84. The van der Waals surface area contributed by atoms with Crippen molar-refractivity contribution in [2.45, 2.75) is 45.2 Å². The van der Waals surface area contributed by atoms with E-state index in [0.717, 1.165) is 64.4 Å². The lowest BCUT2D eigenvalue weighted by molar-refractivity contribution is 0.0342. The average Bonchev–Trinajstić information content (AvgIpc) is 3.39. The number of amides is 1. The fraction of sp³-hybridized carbons (Fsp3) is 0.286. The molecule has 2 aromatic heterocycles. The third-order valence-electron chi connectivity index (χ3n) is 8.13. The van der Waals surface area contributed by atoms with Gasteiger partial charge < -0.3 is 9.30 Å². The topological polar surface area (TPSA) is 106 Å². The molecule has 232 valence electrons. The first kappa shape index (κ1) is 30.6. The van der Waals surface area contributed by atoms with Crippen LogP contribution in [0.3, 0.4) is 0 Å². The smallest absolute Gasteiger partial charge is 0.264 e. The number of benzene rings is 3. The van der Waals surface area contributed by atoms with Gasteiger partial charge in [0.1, 0.15) is 11.3 Å². The van der Waals surface area contributed by atoms with Crippen molar-refractivity contribution in [1.29, 1.82) is 0 Å². The Morgan fingerprint density at radius 1 is 0.889 bits per heavy atom. The van der Waals surface area contributed by atoms with E-state index in [9.17, 15) is 13.2 Å². The Bertz CT molecular complexity index is 1950. The Hall–Kier alpha value is -4.38. The molecule has 0 atom stereocenters. The number of hydrogen-bond acceptors (Lipinski definition) is 7. The Kier molecular flexibility index (Phi) is 8.80. The second-order valence-corrected chi connectivity index (χ2v) is 13.1. The highest BCUT2D eigenvalue weighted by molar-refractivity contribution is 7.90. The average molecular weight is 624 g/mol. The van der Waals surface area contributed by atoms with Crippen LogP contribution in [0.4, 0.5) is 0 Å². The summed E-state index contributed by atoms with van der Waals surface area (Å²) >= 11 is 0. The van der Waals surface area contributed by atoms with Crippen molar-refractivity contribution in [2.75, 3.05) is 26.3 Å². The highest BCUT2D eigenvalue weighted by Crippen LogP contribution is 2.30. The number of sulfonamides is 1. The van der Waals surface area contributed by atoms with Gasteiger partial charge in [0.2, 0.25) is 0 Å². The monoisotopic (exact) mass is 623 g/mol. The largest absolute Gasteiger partial charge is 0.379 e. The first-order valence-electron chi connectivity index (χ1n) is 15.2. The highest BCUT2D eigenvalue weighted by atomic mass is 32.2. The minimum absolute atomic E-state index is 0.0503. The molecule has 1 fully saturated rings. The first-order chi connectivity index (χ1) is 21.7. The van der Waals surface area contributed by atoms with Gasteiger partial charge in [0.25, 0.3) is 15.9 Å². The van der Waals surface area contributed by atoms with E-state index in [2.05, 4.69) is 34.1 Å². The van der Waals surface area contributed by atoms with Crippen molar-refractivity contribution in [1.82, 2.24) is 24.2 Å². The van der Waals surface area contributed by atoms with E-state index in [-0.39, 0.29) is 10.5 Å². The third kappa shape index (κ3) is 6.68. The van der Waals surface area contributed by atoms with Gasteiger partial charge in [0, 0.05) is 42.9 Å². The molecule has 1 saturated heterocycles. The van der Waals surface area contributed by atoms with E-state index in [1.165, 1.54) is 0 Å². The summed E-state index contributed by atoms with van der Waals surface area (Å²) in [6.45, 7) is 10.4. The second-order valence-electron chi connectivity index (χ2n) is 11.4. The molecule has 3 heterocycles. The Balaban J connectivity index is 1.34. The van der Waals surface area contributed by atoms with E-state index >= 15 is 0 Å². The zero-order chi connectivity index (χ0) is 31.6. The summed E-state index contributed by atoms with van der Waals surface area (Å²) in [5.74, 6) is 0.293. The maximum Gasteiger partial charge on any atom is 0.264 e. The van der Waals surface area contributed by atoms with Crippen molar-refractivity contribution in [3.8, 4) is 11.1 Å². The molecule has 3 aromatic carbocycles. The normalized spacial score (nSPS) is 14.1. The number of morpholine rings is 1. The standard InChI is InChI=1S/C35H37N5O4S/c1-4-32-37-33-24(2)20-25(3)36-34(33)40(32)23-26-10-13-28(14-11-26)30-21-27(22-39-16-18-44-19-17-39)12-15-31(30)45(42,43)38-35(41)29-8-6-5-7-9-29/h5-15,20-21H,4,16-19,22-23H2,1-3H3,(H,38,41). The van der Waals surface area contributed by atoms with Gasteiger partial charge in [0.15, 0.2) is 5.65 Å². The summed E-state index contributed by atoms with van der Waals surface area (Å²) < 4.78 is 37.2. The maximum absolute atomic E-state index is 13.7. The van der Waals surface area contributed by atoms with Crippen LogP contribution in [0.2, 0.25) is 0 Å². The molecule has 0 aliphatic carbocycles. The number of hydrogen-bond donors (Lipinski definition) is 1. The van der Waals surface area contributed by atoms with Crippen LogP contribution in [-0.2, 0) is 34.3 Å². The minimum Gasteiger partial charge on any atom is -0.379 e. The van der Waals surface area contributed by atoms with E-state index in [0.29, 0.717) is 31.9 Å². The molecule has 10 heteroatoms. The molecular formula is C35H37N5O4S. The Morgan fingerprint density at radius 2 is 1.60 bits per heavy atom. The Labute approximate surface area is 263 Å². The molecule has 0 bridgehead atoms. The molecule has 1 amide bonds. The van der Waals surface area contributed by atoms with Gasteiger partial charge >= 0.3 is 0 Å². The number of imidazole rings is 1. The molecule has 0 spiro atoms. The van der Waals surface area contributed by atoms with Crippen LogP contribution in [0.5, 0.6) is 0 Å². The van der Waals surface area contributed by atoms with Crippen LogP contribution in [0.1, 0.15) is 45.5 Å². The van der Waals surface area contributed by atoms with Gasteiger partial charge in [0.05, 0.1) is 24.7 Å². The summed E-state index contributed by atoms with van der Waals surface area (Å²) in [5, 5.41) is 0. The van der Waals surface area contributed by atoms with Crippen molar-refractivity contribution in [3.63, 3.8) is 0 Å².